The Kier molecular flexibility index (Phi) is 3.78. The predicted octanol–water partition coefficient (Wildman–Crippen LogP) is 3.52. The fourth-order valence-corrected chi connectivity index (χ4v) is 2.37. The maximum absolute atomic E-state index is 13.1. The van der Waals surface area contributed by atoms with Crippen molar-refractivity contribution in [2.75, 3.05) is 11.0 Å². The Morgan fingerprint density at radius 2 is 1.63 bits per heavy atom. The average Bonchev–Trinajstić information content (AvgIpc) is 2.32. The molecule has 2 aromatic carbocycles. The van der Waals surface area contributed by atoms with Crippen LogP contribution in [0, 0.1) is 5.82 Å². The Bertz CT molecular complexity index is 699. The smallest absolute Gasteiger partial charge is 0.229 e. The summed E-state index contributed by atoms with van der Waals surface area (Å²) in [6.07, 6.45) is 1.08. The Morgan fingerprint density at radius 3 is 2.16 bits per heavy atom. The molecular weight excluding hydrogens is 289 g/mol. The molecule has 0 saturated carbocycles. The summed E-state index contributed by atoms with van der Waals surface area (Å²) in [5.41, 5.74) is 2.05. The highest BCUT2D eigenvalue weighted by molar-refractivity contribution is 7.92. The maximum atomic E-state index is 13.1. The van der Waals surface area contributed by atoms with Gasteiger partial charge in [0.15, 0.2) is 0 Å². The highest BCUT2D eigenvalue weighted by atomic mass is 35.5. The highest BCUT2D eigenvalue weighted by Gasteiger charge is 2.05. The highest BCUT2D eigenvalue weighted by Crippen LogP contribution is 2.26. The Morgan fingerprint density at radius 1 is 1.05 bits per heavy atom. The molecule has 1 N–H and O–H groups in total. The number of sulfonamides is 1. The van der Waals surface area contributed by atoms with Gasteiger partial charge in [-0.2, -0.15) is 0 Å². The second-order valence-corrected chi connectivity index (χ2v) is 6.24. The molecule has 0 saturated heterocycles. The van der Waals surface area contributed by atoms with Gasteiger partial charge in [-0.1, -0.05) is 29.8 Å². The lowest BCUT2D eigenvalue weighted by Gasteiger charge is -2.06. The molecule has 19 heavy (non-hydrogen) atoms. The van der Waals surface area contributed by atoms with Crippen LogP contribution in [0.2, 0.25) is 5.02 Å². The van der Waals surface area contributed by atoms with Gasteiger partial charge < -0.3 is 0 Å². The molecule has 0 aromatic heterocycles. The molecular formula is C13H11ClFNO2S. The summed E-state index contributed by atoms with van der Waals surface area (Å²) in [7, 11) is -3.29. The first-order valence-electron chi connectivity index (χ1n) is 5.38. The van der Waals surface area contributed by atoms with Crippen LogP contribution in [0.4, 0.5) is 10.1 Å². The van der Waals surface area contributed by atoms with E-state index in [4.69, 9.17) is 11.6 Å². The van der Waals surface area contributed by atoms with E-state index in [1.807, 2.05) is 0 Å². The van der Waals surface area contributed by atoms with E-state index in [1.54, 1.807) is 30.3 Å². The minimum Gasteiger partial charge on any atom is -0.284 e. The number of hydrogen-bond donors (Lipinski definition) is 1. The van der Waals surface area contributed by atoms with Crippen molar-refractivity contribution in [1.29, 1.82) is 0 Å². The van der Waals surface area contributed by atoms with Gasteiger partial charge in [-0.15, -0.1) is 0 Å². The second-order valence-electron chi connectivity index (χ2n) is 4.08. The van der Waals surface area contributed by atoms with E-state index in [2.05, 4.69) is 4.72 Å². The summed E-state index contributed by atoms with van der Waals surface area (Å²) in [6.45, 7) is 0. The third-order valence-corrected chi connectivity index (χ3v) is 3.34. The third kappa shape index (κ3) is 3.68. The molecule has 0 fully saturated rings. The molecule has 0 spiro atoms. The molecule has 6 heteroatoms. The summed E-state index contributed by atoms with van der Waals surface area (Å²) >= 11 is 5.72. The molecule has 2 aromatic rings. The van der Waals surface area contributed by atoms with Gasteiger partial charge in [0.25, 0.3) is 0 Å². The van der Waals surface area contributed by atoms with Crippen LogP contribution in [0.15, 0.2) is 42.5 Å². The van der Waals surface area contributed by atoms with Crippen LogP contribution in [-0.2, 0) is 10.0 Å². The van der Waals surface area contributed by atoms with E-state index in [9.17, 15) is 12.8 Å². The molecule has 0 atom stereocenters. The van der Waals surface area contributed by atoms with Crippen molar-refractivity contribution in [3.63, 3.8) is 0 Å². The average molecular weight is 300 g/mol. The maximum Gasteiger partial charge on any atom is 0.229 e. The minimum atomic E-state index is -3.29. The van der Waals surface area contributed by atoms with E-state index in [-0.39, 0.29) is 5.02 Å². The zero-order chi connectivity index (χ0) is 14.0. The van der Waals surface area contributed by atoms with E-state index >= 15 is 0 Å². The zero-order valence-electron chi connectivity index (χ0n) is 10.0. The number of hydrogen-bond acceptors (Lipinski definition) is 2. The Balaban J connectivity index is 2.29. The van der Waals surface area contributed by atoms with Crippen molar-refractivity contribution in [1.82, 2.24) is 0 Å². The number of rotatable bonds is 3. The van der Waals surface area contributed by atoms with Crippen molar-refractivity contribution in [2.45, 2.75) is 0 Å². The summed E-state index contributed by atoms with van der Waals surface area (Å²) in [4.78, 5) is 0. The van der Waals surface area contributed by atoms with Gasteiger partial charge in [-0.25, -0.2) is 12.8 Å². The fourth-order valence-electron chi connectivity index (χ4n) is 1.62. The Hall–Kier alpha value is -1.59. The molecule has 0 aliphatic rings. The summed E-state index contributed by atoms with van der Waals surface area (Å²) < 4.78 is 37.6. The van der Waals surface area contributed by atoms with Crippen LogP contribution in [0.5, 0.6) is 0 Å². The normalized spacial score (nSPS) is 11.3. The van der Waals surface area contributed by atoms with Crippen LogP contribution >= 0.6 is 11.6 Å². The molecule has 0 radical (unpaired) electrons. The number of halogens is 2. The van der Waals surface area contributed by atoms with Crippen molar-refractivity contribution in [2.24, 2.45) is 0 Å². The zero-order valence-corrected chi connectivity index (χ0v) is 11.6. The van der Waals surface area contributed by atoms with E-state index in [0.29, 0.717) is 5.69 Å². The number of nitrogens with one attached hydrogen (secondary N) is 1. The molecule has 0 bridgehead atoms. The van der Waals surface area contributed by atoms with Crippen molar-refractivity contribution < 1.29 is 12.8 Å². The van der Waals surface area contributed by atoms with Crippen LogP contribution in [0.1, 0.15) is 0 Å². The predicted molar refractivity (Wildman–Crippen MR) is 75.3 cm³/mol. The van der Waals surface area contributed by atoms with Gasteiger partial charge in [0, 0.05) is 5.69 Å². The lowest BCUT2D eigenvalue weighted by atomic mass is 10.1. The van der Waals surface area contributed by atoms with Gasteiger partial charge in [0.05, 0.1) is 11.3 Å². The van der Waals surface area contributed by atoms with Crippen LogP contribution in [-0.4, -0.2) is 14.7 Å². The molecule has 0 unspecified atom stereocenters. The molecule has 3 nitrogen and oxygen atoms in total. The number of benzene rings is 2. The third-order valence-electron chi connectivity index (χ3n) is 2.44. The topological polar surface area (TPSA) is 46.2 Å². The minimum absolute atomic E-state index is 0.0517. The number of anilines is 1. The molecule has 0 aliphatic carbocycles. The SMILES string of the molecule is CS(=O)(=O)Nc1ccc(-c2ccc(F)c(Cl)c2)cc1. The first-order valence-corrected chi connectivity index (χ1v) is 7.65. The van der Waals surface area contributed by atoms with Gasteiger partial charge in [0.2, 0.25) is 10.0 Å². The lowest BCUT2D eigenvalue weighted by molar-refractivity contribution is 0.607. The van der Waals surface area contributed by atoms with Crippen LogP contribution in [0.3, 0.4) is 0 Å². The molecule has 0 aliphatic heterocycles. The molecule has 2 rings (SSSR count). The van der Waals surface area contributed by atoms with Crippen molar-refractivity contribution in [3.8, 4) is 11.1 Å². The first kappa shape index (κ1) is 13.8. The van der Waals surface area contributed by atoms with Crippen LogP contribution < -0.4 is 4.72 Å². The van der Waals surface area contributed by atoms with Crippen LogP contribution in [0.25, 0.3) is 11.1 Å². The molecule has 0 amide bonds. The summed E-state index contributed by atoms with van der Waals surface area (Å²) in [6, 6.07) is 11.2. The first-order chi connectivity index (χ1) is 8.85. The quantitative estimate of drug-likeness (QED) is 0.942. The standard InChI is InChI=1S/C13H11ClFNO2S/c1-19(17,18)16-11-5-2-9(3-6-11)10-4-7-13(15)12(14)8-10/h2-8,16H,1H3. The summed E-state index contributed by atoms with van der Waals surface area (Å²) in [5.74, 6) is -0.472. The molecule has 100 valence electrons. The van der Waals surface area contributed by atoms with Gasteiger partial charge in [-0.3, -0.25) is 4.72 Å². The van der Waals surface area contributed by atoms with Crippen molar-refractivity contribution >= 4 is 27.3 Å². The monoisotopic (exact) mass is 299 g/mol. The fraction of sp³-hybridized carbons (Fsp3) is 0.0769. The van der Waals surface area contributed by atoms with Gasteiger partial charge in [0.1, 0.15) is 5.82 Å². The van der Waals surface area contributed by atoms with Gasteiger partial charge in [-0.05, 0) is 35.4 Å². The largest absolute Gasteiger partial charge is 0.284 e. The second kappa shape index (κ2) is 5.19. The van der Waals surface area contributed by atoms with E-state index < -0.39 is 15.8 Å². The van der Waals surface area contributed by atoms with E-state index in [0.717, 1.165) is 17.4 Å². The van der Waals surface area contributed by atoms with E-state index in [1.165, 1.54) is 12.1 Å². The molecule has 0 heterocycles. The lowest BCUT2D eigenvalue weighted by Crippen LogP contribution is -2.09. The summed E-state index contributed by atoms with van der Waals surface area (Å²) in [5, 5.41) is 0.0517. The van der Waals surface area contributed by atoms with Gasteiger partial charge >= 0.3 is 0 Å². The van der Waals surface area contributed by atoms with Crippen molar-refractivity contribution in [3.05, 3.63) is 53.3 Å². The Labute approximate surface area is 116 Å².